The molecule has 3 rings (SSSR count). The van der Waals surface area contributed by atoms with E-state index in [0.717, 1.165) is 29.5 Å². The second-order valence-electron chi connectivity index (χ2n) is 6.18. The van der Waals surface area contributed by atoms with Gasteiger partial charge in [-0.1, -0.05) is 0 Å². The lowest BCUT2D eigenvalue weighted by Gasteiger charge is -2.23. The molecule has 0 unspecified atom stereocenters. The smallest absolute Gasteiger partial charge is 0.132 e. The van der Waals surface area contributed by atoms with Gasteiger partial charge in [-0.2, -0.15) is 5.10 Å². The molecule has 0 atom stereocenters. The molecule has 2 aromatic rings. The number of methoxy groups -OCH3 is 2. The van der Waals surface area contributed by atoms with Gasteiger partial charge >= 0.3 is 0 Å². The summed E-state index contributed by atoms with van der Waals surface area (Å²) in [6, 6.07) is 4.85. The van der Waals surface area contributed by atoms with Crippen LogP contribution in [0.4, 0.5) is 0 Å². The number of thioether (sulfide) groups is 1. The van der Waals surface area contributed by atoms with Gasteiger partial charge in [-0.25, -0.2) is 0 Å². The quantitative estimate of drug-likeness (QED) is 0.685. The third-order valence-electron chi connectivity index (χ3n) is 4.37. The van der Waals surface area contributed by atoms with Crippen molar-refractivity contribution >= 4 is 11.8 Å². The number of benzene rings is 1. The van der Waals surface area contributed by atoms with E-state index in [0.29, 0.717) is 6.04 Å². The van der Waals surface area contributed by atoms with Gasteiger partial charge in [0.05, 0.1) is 25.3 Å². The first kappa shape index (κ1) is 17.2. The third kappa shape index (κ3) is 3.87. The van der Waals surface area contributed by atoms with Gasteiger partial charge < -0.3 is 9.47 Å². The number of hydrogen-bond acceptors (Lipinski definition) is 5. The predicted octanol–water partition coefficient (Wildman–Crippen LogP) is 3.32. The summed E-state index contributed by atoms with van der Waals surface area (Å²) in [5, 5.41) is 4.28. The molecule has 5 nitrogen and oxygen atoms in total. The fourth-order valence-electron chi connectivity index (χ4n) is 2.98. The van der Waals surface area contributed by atoms with Crippen LogP contribution < -0.4 is 9.47 Å². The molecule has 0 N–H and O–H groups in total. The van der Waals surface area contributed by atoms with Gasteiger partial charge in [-0.15, -0.1) is 11.8 Å². The van der Waals surface area contributed by atoms with Crippen molar-refractivity contribution in [2.45, 2.75) is 36.9 Å². The molecule has 0 bridgehead atoms. The van der Waals surface area contributed by atoms with Crippen molar-refractivity contribution in [3.05, 3.63) is 35.7 Å². The minimum Gasteiger partial charge on any atom is -0.496 e. The van der Waals surface area contributed by atoms with E-state index < -0.39 is 0 Å². The monoisotopic (exact) mass is 347 g/mol. The van der Waals surface area contributed by atoms with E-state index in [1.807, 2.05) is 17.9 Å². The number of hydrogen-bond donors (Lipinski definition) is 0. The average Bonchev–Trinajstić information content (AvgIpc) is 3.36. The van der Waals surface area contributed by atoms with Crippen molar-refractivity contribution in [3.63, 3.8) is 0 Å². The maximum absolute atomic E-state index is 5.63. The highest BCUT2D eigenvalue weighted by atomic mass is 32.2. The summed E-state index contributed by atoms with van der Waals surface area (Å²) in [6.07, 6.45) is 8.62. The Morgan fingerprint density at radius 3 is 2.50 bits per heavy atom. The lowest BCUT2D eigenvalue weighted by atomic mass is 10.1. The van der Waals surface area contributed by atoms with Crippen LogP contribution in [0.25, 0.3) is 0 Å². The highest BCUT2D eigenvalue weighted by Gasteiger charge is 2.30. The molecule has 1 aromatic carbocycles. The van der Waals surface area contributed by atoms with Crippen LogP contribution in [0.1, 0.15) is 24.0 Å². The molecule has 1 fully saturated rings. The zero-order chi connectivity index (χ0) is 17.1. The van der Waals surface area contributed by atoms with Gasteiger partial charge in [-0.3, -0.25) is 9.58 Å². The van der Waals surface area contributed by atoms with Crippen LogP contribution in [0.15, 0.2) is 29.4 Å². The topological polar surface area (TPSA) is 39.5 Å². The Bertz CT molecular complexity index is 698. The van der Waals surface area contributed by atoms with Crippen molar-refractivity contribution < 1.29 is 9.47 Å². The standard InChI is InChI=1S/C18H25N3O2S/c1-20-10-13(9-19-20)11-21(15-5-6-15)12-14-7-17(23-3)18(24-4)8-16(14)22-2/h7-10,15H,5-6,11-12H2,1-4H3. The minimum absolute atomic E-state index is 0.654. The van der Waals surface area contributed by atoms with Crippen LogP contribution in [0.5, 0.6) is 11.5 Å². The molecule has 0 amide bonds. The summed E-state index contributed by atoms with van der Waals surface area (Å²) < 4.78 is 13.0. The first-order valence-electron chi connectivity index (χ1n) is 8.15. The summed E-state index contributed by atoms with van der Waals surface area (Å²) >= 11 is 1.67. The second kappa shape index (κ2) is 7.49. The van der Waals surface area contributed by atoms with Crippen molar-refractivity contribution in [3.8, 4) is 11.5 Å². The Balaban J connectivity index is 1.83. The van der Waals surface area contributed by atoms with E-state index in [1.165, 1.54) is 24.0 Å². The van der Waals surface area contributed by atoms with Crippen molar-refractivity contribution in [1.82, 2.24) is 14.7 Å². The molecule has 0 spiro atoms. The largest absolute Gasteiger partial charge is 0.496 e. The molecule has 0 aliphatic heterocycles. The molecule has 130 valence electrons. The van der Waals surface area contributed by atoms with Crippen LogP contribution in [0.2, 0.25) is 0 Å². The number of nitrogens with zero attached hydrogens (tertiary/aromatic N) is 3. The molecule has 1 aliphatic carbocycles. The molecule has 1 saturated carbocycles. The lowest BCUT2D eigenvalue weighted by molar-refractivity contribution is 0.241. The van der Waals surface area contributed by atoms with Gasteiger partial charge in [0, 0.05) is 43.5 Å². The number of rotatable bonds is 8. The molecule has 0 saturated heterocycles. The van der Waals surface area contributed by atoms with E-state index in [4.69, 9.17) is 9.47 Å². The maximum Gasteiger partial charge on any atom is 0.132 e. The van der Waals surface area contributed by atoms with Crippen molar-refractivity contribution in [1.29, 1.82) is 0 Å². The van der Waals surface area contributed by atoms with Crippen LogP contribution >= 0.6 is 11.8 Å². The molecular weight excluding hydrogens is 322 g/mol. The molecule has 6 heteroatoms. The normalized spacial score (nSPS) is 14.2. The van der Waals surface area contributed by atoms with E-state index in [-0.39, 0.29) is 0 Å². The first-order chi connectivity index (χ1) is 11.6. The SMILES string of the molecule is COc1cc(SC)c(OC)cc1CN(Cc1cnn(C)c1)C1CC1. The fraction of sp³-hybridized carbons (Fsp3) is 0.500. The van der Waals surface area contributed by atoms with Crippen molar-refractivity contribution in [2.24, 2.45) is 7.05 Å². The van der Waals surface area contributed by atoms with Crippen LogP contribution in [-0.4, -0.2) is 41.2 Å². The third-order valence-corrected chi connectivity index (χ3v) is 5.13. The highest BCUT2D eigenvalue weighted by Crippen LogP contribution is 2.37. The van der Waals surface area contributed by atoms with E-state index >= 15 is 0 Å². The second-order valence-corrected chi connectivity index (χ2v) is 7.03. The van der Waals surface area contributed by atoms with Gasteiger partial charge in [0.25, 0.3) is 0 Å². The molecule has 0 radical (unpaired) electrons. The van der Waals surface area contributed by atoms with Crippen LogP contribution in [0.3, 0.4) is 0 Å². The first-order valence-corrected chi connectivity index (χ1v) is 9.37. The lowest BCUT2D eigenvalue weighted by Crippen LogP contribution is -2.25. The van der Waals surface area contributed by atoms with E-state index in [2.05, 4.69) is 34.6 Å². The Morgan fingerprint density at radius 2 is 1.96 bits per heavy atom. The van der Waals surface area contributed by atoms with E-state index in [1.54, 1.807) is 26.0 Å². The van der Waals surface area contributed by atoms with E-state index in [9.17, 15) is 0 Å². The Morgan fingerprint density at radius 1 is 1.21 bits per heavy atom. The van der Waals surface area contributed by atoms with Crippen LogP contribution in [0, 0.1) is 0 Å². The summed E-state index contributed by atoms with van der Waals surface area (Å²) in [7, 11) is 5.41. The zero-order valence-corrected chi connectivity index (χ0v) is 15.6. The van der Waals surface area contributed by atoms with Gasteiger partial charge in [-0.05, 0) is 31.2 Å². The summed E-state index contributed by atoms with van der Waals surface area (Å²) in [6.45, 7) is 1.77. The van der Waals surface area contributed by atoms with Gasteiger partial charge in [0.2, 0.25) is 0 Å². The molecule has 1 aromatic heterocycles. The Hall–Kier alpha value is -1.66. The van der Waals surface area contributed by atoms with Gasteiger partial charge in [0.1, 0.15) is 11.5 Å². The minimum atomic E-state index is 0.654. The fourth-order valence-corrected chi connectivity index (χ4v) is 3.54. The number of aryl methyl sites for hydroxylation is 1. The maximum atomic E-state index is 5.63. The van der Waals surface area contributed by atoms with Crippen molar-refractivity contribution in [2.75, 3.05) is 20.5 Å². The predicted molar refractivity (Wildman–Crippen MR) is 96.8 cm³/mol. The number of aromatic nitrogens is 2. The molecule has 1 heterocycles. The average molecular weight is 347 g/mol. The Labute approximate surface area is 147 Å². The Kier molecular flexibility index (Phi) is 5.36. The zero-order valence-electron chi connectivity index (χ0n) is 14.8. The van der Waals surface area contributed by atoms with Crippen LogP contribution in [-0.2, 0) is 20.1 Å². The summed E-state index contributed by atoms with van der Waals surface area (Å²) in [4.78, 5) is 3.61. The molecule has 24 heavy (non-hydrogen) atoms. The highest BCUT2D eigenvalue weighted by molar-refractivity contribution is 7.98. The molecule has 1 aliphatic rings. The van der Waals surface area contributed by atoms with Gasteiger partial charge in [0.15, 0.2) is 0 Å². The molecular formula is C18H25N3O2S. The number of ether oxygens (including phenoxy) is 2. The summed E-state index contributed by atoms with van der Waals surface area (Å²) in [5.41, 5.74) is 2.42. The summed E-state index contributed by atoms with van der Waals surface area (Å²) in [5.74, 6) is 1.84.